The second kappa shape index (κ2) is 5.47. The van der Waals surface area contributed by atoms with Gasteiger partial charge in [-0.05, 0) is 24.1 Å². The fraction of sp³-hybridized carbons (Fsp3) is 0.333. The molecule has 0 fully saturated rings. The summed E-state index contributed by atoms with van der Waals surface area (Å²) < 4.78 is 4.61. The van der Waals surface area contributed by atoms with E-state index in [0.29, 0.717) is 25.1 Å². The average Bonchev–Trinajstić information content (AvgIpc) is 2.34. The maximum Gasteiger partial charge on any atom is 0.404 e. The third-order valence-electron chi connectivity index (χ3n) is 2.83. The first kappa shape index (κ1) is 13.0. The Bertz CT molecular complexity index is 516. The molecule has 1 aliphatic rings. The minimum Gasteiger partial charge on any atom is -0.448 e. The van der Waals surface area contributed by atoms with Gasteiger partial charge in [0, 0.05) is 18.7 Å². The van der Waals surface area contributed by atoms with Crippen molar-refractivity contribution in [3.8, 4) is 0 Å². The number of nitrogens with one attached hydrogen (secondary N) is 2. The fourth-order valence-electron chi connectivity index (χ4n) is 1.94. The predicted octanol–water partition coefficient (Wildman–Crippen LogP) is 0.661. The number of amides is 2. The summed E-state index contributed by atoms with van der Waals surface area (Å²) >= 11 is 0. The summed E-state index contributed by atoms with van der Waals surface area (Å²) in [6.45, 7) is 0.584. The molecule has 0 atom stereocenters. The second-order valence-corrected chi connectivity index (χ2v) is 4.24. The lowest BCUT2D eigenvalue weighted by molar-refractivity contribution is -0.116. The average molecular weight is 264 g/mol. The number of benzene rings is 1. The Kier molecular flexibility index (Phi) is 3.74. The highest BCUT2D eigenvalue weighted by Crippen LogP contribution is 2.30. The molecule has 1 heterocycles. The summed E-state index contributed by atoms with van der Waals surface area (Å²) in [7, 11) is 0. The Labute approximate surface area is 110 Å². The molecule has 102 valence electrons. The Morgan fingerprint density at radius 1 is 1.42 bits per heavy atom. The van der Waals surface area contributed by atoms with Crippen LogP contribution in [0.5, 0.6) is 0 Å². The third kappa shape index (κ3) is 3.27. The van der Waals surface area contributed by atoms with E-state index in [9.17, 15) is 9.59 Å². The van der Waals surface area contributed by atoms with Crippen LogP contribution in [0.25, 0.3) is 0 Å². The molecule has 1 aromatic rings. The van der Waals surface area contributed by atoms with Crippen LogP contribution in [-0.4, -0.2) is 25.2 Å². The number of hydrogen-bond acceptors (Lipinski definition) is 5. The van der Waals surface area contributed by atoms with E-state index in [-0.39, 0.29) is 12.5 Å². The number of ether oxygens (including phenoxy) is 1. The van der Waals surface area contributed by atoms with Crippen molar-refractivity contribution < 1.29 is 14.3 Å². The van der Waals surface area contributed by atoms with Crippen LogP contribution in [-0.2, 0) is 16.0 Å². The van der Waals surface area contributed by atoms with Crippen LogP contribution in [0, 0.1) is 0 Å². The maximum absolute atomic E-state index is 11.3. The zero-order valence-corrected chi connectivity index (χ0v) is 10.4. The van der Waals surface area contributed by atoms with Crippen LogP contribution < -0.4 is 22.1 Å². The number of carbonyl (C=O) groups is 2. The largest absolute Gasteiger partial charge is 0.448 e. The number of hydrogen-bond donors (Lipinski definition) is 4. The number of anilines is 3. The number of nitrogens with two attached hydrogens (primary N) is 2. The zero-order chi connectivity index (χ0) is 13.8. The van der Waals surface area contributed by atoms with E-state index < -0.39 is 6.09 Å². The standard InChI is InChI=1S/C12H16N4O3/c13-8-6-9-7(1-2-11(17)16-9)5-10(8)15-3-4-19-12(14)18/h5-6,15H,1-4,13H2,(H2,14,18)(H,16,17). The highest BCUT2D eigenvalue weighted by molar-refractivity contribution is 5.95. The molecule has 1 aliphatic heterocycles. The van der Waals surface area contributed by atoms with Crippen molar-refractivity contribution in [2.75, 3.05) is 29.5 Å². The smallest absolute Gasteiger partial charge is 0.404 e. The Morgan fingerprint density at radius 3 is 2.95 bits per heavy atom. The highest BCUT2D eigenvalue weighted by Gasteiger charge is 2.16. The lowest BCUT2D eigenvalue weighted by Crippen LogP contribution is -2.21. The molecule has 0 spiro atoms. The molecular weight excluding hydrogens is 248 g/mol. The Balaban J connectivity index is 2.01. The highest BCUT2D eigenvalue weighted by atomic mass is 16.5. The van der Waals surface area contributed by atoms with E-state index in [0.717, 1.165) is 16.9 Å². The van der Waals surface area contributed by atoms with Crippen LogP contribution in [0.4, 0.5) is 21.9 Å². The van der Waals surface area contributed by atoms with Crippen LogP contribution in [0.3, 0.4) is 0 Å². The van der Waals surface area contributed by atoms with Crippen molar-refractivity contribution in [3.63, 3.8) is 0 Å². The van der Waals surface area contributed by atoms with E-state index in [1.807, 2.05) is 6.07 Å². The van der Waals surface area contributed by atoms with Gasteiger partial charge in [0.1, 0.15) is 6.61 Å². The molecule has 2 amide bonds. The van der Waals surface area contributed by atoms with E-state index >= 15 is 0 Å². The van der Waals surface area contributed by atoms with E-state index in [1.165, 1.54) is 0 Å². The monoisotopic (exact) mass is 264 g/mol. The normalized spacial score (nSPS) is 13.4. The number of nitrogen functional groups attached to an aromatic ring is 1. The van der Waals surface area contributed by atoms with Gasteiger partial charge in [0.15, 0.2) is 0 Å². The second-order valence-electron chi connectivity index (χ2n) is 4.24. The van der Waals surface area contributed by atoms with Crippen molar-refractivity contribution in [1.82, 2.24) is 0 Å². The molecule has 0 radical (unpaired) electrons. The van der Waals surface area contributed by atoms with Crippen molar-refractivity contribution in [2.24, 2.45) is 5.73 Å². The molecule has 0 unspecified atom stereocenters. The molecule has 19 heavy (non-hydrogen) atoms. The van der Waals surface area contributed by atoms with Gasteiger partial charge in [-0.25, -0.2) is 4.79 Å². The summed E-state index contributed by atoms with van der Waals surface area (Å²) in [5, 5.41) is 5.84. The lowest BCUT2D eigenvalue weighted by Gasteiger charge is -2.19. The fourth-order valence-corrected chi connectivity index (χ4v) is 1.94. The molecule has 1 aromatic carbocycles. The summed E-state index contributed by atoms with van der Waals surface area (Å²) in [5.74, 6) is 0.00228. The van der Waals surface area contributed by atoms with Gasteiger partial charge in [-0.15, -0.1) is 0 Å². The van der Waals surface area contributed by atoms with Crippen LogP contribution in [0.15, 0.2) is 12.1 Å². The molecule has 2 rings (SSSR count). The molecule has 0 bridgehead atoms. The molecule has 0 aromatic heterocycles. The van der Waals surface area contributed by atoms with Gasteiger partial charge < -0.3 is 26.8 Å². The SMILES string of the molecule is NC(=O)OCCNc1cc2c(cc1N)NC(=O)CC2. The summed E-state index contributed by atoms with van der Waals surface area (Å²) in [6.07, 6.45) is 0.359. The summed E-state index contributed by atoms with van der Waals surface area (Å²) in [4.78, 5) is 21.7. The van der Waals surface area contributed by atoms with Crippen LogP contribution >= 0.6 is 0 Å². The van der Waals surface area contributed by atoms with Crippen LogP contribution in [0.1, 0.15) is 12.0 Å². The Morgan fingerprint density at radius 2 is 2.21 bits per heavy atom. The Hall–Kier alpha value is -2.44. The quantitative estimate of drug-likeness (QED) is 0.470. The maximum atomic E-state index is 11.3. The summed E-state index contributed by atoms with van der Waals surface area (Å²) in [5.41, 5.74) is 13.8. The van der Waals surface area contributed by atoms with Crippen molar-refractivity contribution in [1.29, 1.82) is 0 Å². The van der Waals surface area contributed by atoms with Crippen molar-refractivity contribution in [3.05, 3.63) is 17.7 Å². The first-order valence-electron chi connectivity index (χ1n) is 5.94. The lowest BCUT2D eigenvalue weighted by atomic mass is 10.0. The minimum absolute atomic E-state index is 0.00228. The molecule has 6 N–H and O–H groups in total. The number of fused-ring (bicyclic) bond motifs is 1. The number of carbonyl (C=O) groups excluding carboxylic acids is 2. The topological polar surface area (TPSA) is 119 Å². The summed E-state index contributed by atoms with van der Waals surface area (Å²) in [6, 6.07) is 3.62. The zero-order valence-electron chi connectivity index (χ0n) is 10.4. The molecular formula is C12H16N4O3. The van der Waals surface area contributed by atoms with Gasteiger partial charge >= 0.3 is 6.09 Å². The van der Waals surface area contributed by atoms with E-state index in [2.05, 4.69) is 15.4 Å². The molecule has 0 aliphatic carbocycles. The van der Waals surface area contributed by atoms with Gasteiger partial charge in [-0.3, -0.25) is 4.79 Å². The van der Waals surface area contributed by atoms with Crippen molar-refractivity contribution in [2.45, 2.75) is 12.8 Å². The van der Waals surface area contributed by atoms with Gasteiger partial charge in [0.05, 0.1) is 11.4 Å². The van der Waals surface area contributed by atoms with Gasteiger partial charge in [-0.1, -0.05) is 0 Å². The third-order valence-corrected chi connectivity index (χ3v) is 2.83. The number of aryl methyl sites for hydroxylation is 1. The van der Waals surface area contributed by atoms with Gasteiger partial charge in [0.25, 0.3) is 0 Å². The number of rotatable bonds is 4. The van der Waals surface area contributed by atoms with Gasteiger partial charge in [0.2, 0.25) is 5.91 Å². The first-order chi connectivity index (χ1) is 9.06. The number of primary amides is 1. The molecule has 7 heteroatoms. The van der Waals surface area contributed by atoms with Gasteiger partial charge in [-0.2, -0.15) is 0 Å². The van der Waals surface area contributed by atoms with E-state index in [1.54, 1.807) is 6.07 Å². The van der Waals surface area contributed by atoms with Crippen molar-refractivity contribution >= 4 is 29.1 Å². The van der Waals surface area contributed by atoms with E-state index in [4.69, 9.17) is 11.5 Å². The first-order valence-corrected chi connectivity index (χ1v) is 5.94. The molecule has 0 saturated heterocycles. The predicted molar refractivity (Wildman–Crippen MR) is 71.8 cm³/mol. The molecule has 7 nitrogen and oxygen atoms in total. The minimum atomic E-state index is -0.803. The molecule has 0 saturated carbocycles. The van der Waals surface area contributed by atoms with Crippen LogP contribution in [0.2, 0.25) is 0 Å².